The van der Waals surface area contributed by atoms with E-state index < -0.39 is 32.5 Å². The SMILES string of the molecule is CCCCC/C=C\C/C=C\CCCCCCCC(=O)OC[C@H](COP(=O)(O)O)OC(=O)CCC/C=C\C/C=C\C/C=C\C/C=C\CCCCCO. The van der Waals surface area contributed by atoms with Crippen molar-refractivity contribution in [3.05, 3.63) is 72.9 Å². The molecule has 1 atom stereocenters. The number of aliphatic hydroxyl groups is 1. The first-order chi connectivity index (χ1) is 24.8. The fourth-order valence-corrected chi connectivity index (χ4v) is 5.20. The molecule has 0 unspecified atom stereocenters. The summed E-state index contributed by atoms with van der Waals surface area (Å²) in [4.78, 5) is 42.7. The van der Waals surface area contributed by atoms with Gasteiger partial charge in [-0.25, -0.2) is 4.57 Å². The summed E-state index contributed by atoms with van der Waals surface area (Å²) in [6.07, 6.45) is 44.9. The van der Waals surface area contributed by atoms with Gasteiger partial charge in [0.2, 0.25) is 0 Å². The van der Waals surface area contributed by atoms with Gasteiger partial charge in [-0.15, -0.1) is 0 Å². The lowest BCUT2D eigenvalue weighted by Gasteiger charge is -2.18. The number of unbranched alkanes of at least 4 members (excludes halogenated alkanes) is 12. The molecule has 0 saturated carbocycles. The number of phosphoric ester groups is 1. The van der Waals surface area contributed by atoms with Gasteiger partial charge in [0.05, 0.1) is 6.61 Å². The van der Waals surface area contributed by atoms with Gasteiger partial charge in [-0.1, -0.05) is 118 Å². The van der Waals surface area contributed by atoms with Crippen LogP contribution in [0.25, 0.3) is 0 Å². The van der Waals surface area contributed by atoms with Crippen molar-refractivity contribution < 1.29 is 43.0 Å². The van der Waals surface area contributed by atoms with Crippen molar-refractivity contribution in [3.8, 4) is 0 Å². The molecule has 0 aromatic rings. The van der Waals surface area contributed by atoms with Crippen LogP contribution in [0.3, 0.4) is 0 Å². The van der Waals surface area contributed by atoms with E-state index in [0.717, 1.165) is 83.5 Å². The summed E-state index contributed by atoms with van der Waals surface area (Å²) in [6.45, 7) is 1.59. The summed E-state index contributed by atoms with van der Waals surface area (Å²) < 4.78 is 26.2. The minimum atomic E-state index is -4.78. The van der Waals surface area contributed by atoms with Crippen molar-refractivity contribution in [1.29, 1.82) is 0 Å². The Morgan fingerprint density at radius 3 is 1.49 bits per heavy atom. The standard InChI is InChI=1S/C41H69O9P/c1-2-3-4-5-6-7-8-9-13-16-19-22-25-28-31-34-40(43)48-37-39(38-49-51(45,46)47)50-41(44)35-32-29-26-23-20-17-14-11-10-12-15-18-21-24-27-30-33-36-42/h6-7,9-10,12-14,17-18,21,23,26,39,42H,2-5,8,11,15-16,19-20,22,24-25,27-38H2,1H3,(H2,45,46,47)/b7-6-,12-10-,13-9-,17-14-,21-18-,26-23-/t39-/m1/s1. The Morgan fingerprint density at radius 1 is 0.549 bits per heavy atom. The van der Waals surface area contributed by atoms with Crippen LogP contribution in [0.5, 0.6) is 0 Å². The van der Waals surface area contributed by atoms with Crippen LogP contribution in [-0.4, -0.2) is 52.8 Å². The highest BCUT2D eigenvalue weighted by Gasteiger charge is 2.22. The predicted molar refractivity (Wildman–Crippen MR) is 208 cm³/mol. The summed E-state index contributed by atoms with van der Waals surface area (Å²) >= 11 is 0. The third kappa shape index (κ3) is 40.1. The van der Waals surface area contributed by atoms with E-state index in [1.165, 1.54) is 25.7 Å². The number of ether oxygens (including phenoxy) is 2. The maximum absolute atomic E-state index is 12.3. The van der Waals surface area contributed by atoms with E-state index in [0.29, 0.717) is 19.3 Å². The highest BCUT2D eigenvalue weighted by atomic mass is 31.2. The molecule has 10 heteroatoms. The van der Waals surface area contributed by atoms with Gasteiger partial charge in [-0.2, -0.15) is 0 Å². The third-order valence-corrected chi connectivity index (χ3v) is 8.24. The number of esters is 2. The quantitative estimate of drug-likeness (QED) is 0.0251. The van der Waals surface area contributed by atoms with E-state index in [4.69, 9.17) is 24.4 Å². The van der Waals surface area contributed by atoms with Gasteiger partial charge in [0, 0.05) is 19.4 Å². The van der Waals surface area contributed by atoms with Gasteiger partial charge in [0.1, 0.15) is 6.61 Å². The van der Waals surface area contributed by atoms with E-state index >= 15 is 0 Å². The van der Waals surface area contributed by atoms with Gasteiger partial charge in [-0.05, 0) is 89.9 Å². The molecule has 0 saturated heterocycles. The minimum Gasteiger partial charge on any atom is -0.462 e. The van der Waals surface area contributed by atoms with E-state index in [9.17, 15) is 14.2 Å². The van der Waals surface area contributed by atoms with E-state index in [2.05, 4.69) is 72.2 Å². The molecule has 0 aromatic heterocycles. The Hall–Kier alpha value is -2.55. The predicted octanol–water partition coefficient (Wildman–Crippen LogP) is 10.5. The molecule has 0 spiro atoms. The molecule has 51 heavy (non-hydrogen) atoms. The van der Waals surface area contributed by atoms with Crippen molar-refractivity contribution >= 4 is 19.8 Å². The van der Waals surface area contributed by atoms with Gasteiger partial charge < -0.3 is 24.4 Å². The van der Waals surface area contributed by atoms with E-state index in [-0.39, 0.29) is 26.1 Å². The first-order valence-corrected chi connectivity index (χ1v) is 20.9. The minimum absolute atomic E-state index is 0.119. The fourth-order valence-electron chi connectivity index (χ4n) is 4.84. The van der Waals surface area contributed by atoms with Gasteiger partial charge >= 0.3 is 19.8 Å². The lowest BCUT2D eigenvalue weighted by atomic mass is 10.1. The molecule has 0 radical (unpaired) electrons. The highest BCUT2D eigenvalue weighted by molar-refractivity contribution is 7.46. The average Bonchev–Trinajstić information content (AvgIpc) is 3.10. The molecule has 3 N–H and O–H groups in total. The van der Waals surface area contributed by atoms with Crippen molar-refractivity contribution in [2.45, 2.75) is 154 Å². The Bertz CT molecular complexity index is 1060. The van der Waals surface area contributed by atoms with Gasteiger partial charge in [0.15, 0.2) is 6.10 Å². The van der Waals surface area contributed by atoms with Crippen LogP contribution in [-0.2, 0) is 28.2 Å². The smallest absolute Gasteiger partial charge is 0.462 e. The second-order valence-electron chi connectivity index (χ2n) is 12.6. The van der Waals surface area contributed by atoms with Crippen LogP contribution in [0.4, 0.5) is 0 Å². The van der Waals surface area contributed by atoms with Crippen LogP contribution < -0.4 is 0 Å². The normalized spacial score (nSPS) is 13.3. The van der Waals surface area contributed by atoms with Crippen molar-refractivity contribution in [1.82, 2.24) is 0 Å². The molecular formula is C41H69O9P. The highest BCUT2D eigenvalue weighted by Crippen LogP contribution is 2.35. The summed E-state index contributed by atoms with van der Waals surface area (Å²) in [5.74, 6) is -0.988. The summed E-state index contributed by atoms with van der Waals surface area (Å²) in [5.41, 5.74) is 0. The summed E-state index contributed by atoms with van der Waals surface area (Å²) in [6, 6.07) is 0. The number of phosphoric acid groups is 1. The van der Waals surface area contributed by atoms with Crippen LogP contribution in [0, 0.1) is 0 Å². The molecule has 0 heterocycles. The van der Waals surface area contributed by atoms with Crippen LogP contribution >= 0.6 is 7.82 Å². The Morgan fingerprint density at radius 2 is 0.980 bits per heavy atom. The van der Waals surface area contributed by atoms with Crippen molar-refractivity contribution in [3.63, 3.8) is 0 Å². The number of hydrogen-bond acceptors (Lipinski definition) is 7. The lowest BCUT2D eigenvalue weighted by Crippen LogP contribution is -2.29. The van der Waals surface area contributed by atoms with Crippen LogP contribution in [0.1, 0.15) is 148 Å². The molecule has 0 rings (SSSR count). The molecule has 9 nitrogen and oxygen atoms in total. The number of hydrogen-bond donors (Lipinski definition) is 3. The number of carbonyl (C=O) groups is 2. The average molecular weight is 737 g/mol. The van der Waals surface area contributed by atoms with Gasteiger partial charge in [-0.3, -0.25) is 14.1 Å². The number of aliphatic hydroxyl groups excluding tert-OH is 1. The summed E-state index contributed by atoms with van der Waals surface area (Å²) in [5, 5.41) is 8.77. The monoisotopic (exact) mass is 736 g/mol. The molecule has 0 bridgehead atoms. The maximum atomic E-state index is 12.3. The number of allylic oxidation sites excluding steroid dienone is 12. The molecule has 292 valence electrons. The van der Waals surface area contributed by atoms with Crippen molar-refractivity contribution in [2.75, 3.05) is 19.8 Å². The zero-order valence-electron chi connectivity index (χ0n) is 31.4. The van der Waals surface area contributed by atoms with Crippen LogP contribution in [0.2, 0.25) is 0 Å². The van der Waals surface area contributed by atoms with Crippen LogP contribution in [0.15, 0.2) is 72.9 Å². The lowest BCUT2D eigenvalue weighted by molar-refractivity contribution is -0.161. The van der Waals surface area contributed by atoms with E-state index in [1.807, 2.05) is 12.2 Å². The molecule has 0 aliphatic heterocycles. The molecule has 0 aliphatic rings. The zero-order chi connectivity index (χ0) is 37.5. The Balaban J connectivity index is 4.10. The second-order valence-corrected chi connectivity index (χ2v) is 13.9. The topological polar surface area (TPSA) is 140 Å². The largest absolute Gasteiger partial charge is 0.469 e. The van der Waals surface area contributed by atoms with E-state index in [1.54, 1.807) is 0 Å². The number of carbonyl (C=O) groups excluding carboxylic acids is 2. The second kappa shape index (κ2) is 37.2. The molecule has 0 fully saturated rings. The zero-order valence-corrected chi connectivity index (χ0v) is 32.3. The molecule has 0 aromatic carbocycles. The first kappa shape index (κ1) is 48.5. The molecular weight excluding hydrogens is 667 g/mol. The first-order valence-electron chi connectivity index (χ1n) is 19.3. The third-order valence-electron chi connectivity index (χ3n) is 7.75. The number of rotatable bonds is 35. The molecule has 0 amide bonds. The summed E-state index contributed by atoms with van der Waals surface area (Å²) in [7, 11) is -4.78. The Labute approximate surface area is 309 Å². The van der Waals surface area contributed by atoms with Gasteiger partial charge in [0.25, 0.3) is 0 Å². The maximum Gasteiger partial charge on any atom is 0.469 e. The van der Waals surface area contributed by atoms with Crippen molar-refractivity contribution in [2.24, 2.45) is 0 Å². The molecule has 0 aliphatic carbocycles. The Kier molecular flexibility index (Phi) is 35.4. The fraction of sp³-hybridized carbons (Fsp3) is 0.659.